The summed E-state index contributed by atoms with van der Waals surface area (Å²) in [5, 5.41) is 13.4. The molecule has 1 aromatic rings. The summed E-state index contributed by atoms with van der Waals surface area (Å²) in [7, 11) is 0. The Labute approximate surface area is 125 Å². The van der Waals surface area contributed by atoms with Crippen molar-refractivity contribution in [1.29, 1.82) is 0 Å². The van der Waals surface area contributed by atoms with Gasteiger partial charge >= 0.3 is 0 Å². The number of aliphatic hydroxyl groups excluding tert-OH is 1. The molecule has 1 rings (SSSR count). The van der Waals surface area contributed by atoms with Crippen LogP contribution in [0.2, 0.25) is 5.02 Å². The Morgan fingerprint density at radius 3 is 2.60 bits per heavy atom. The predicted molar refractivity (Wildman–Crippen MR) is 79.5 cm³/mol. The van der Waals surface area contributed by atoms with Crippen molar-refractivity contribution < 1.29 is 14.2 Å². The van der Waals surface area contributed by atoms with E-state index < -0.39 is 11.6 Å². The van der Waals surface area contributed by atoms with Crippen LogP contribution < -0.4 is 5.32 Å². The Balaban J connectivity index is 2.60. The van der Waals surface area contributed by atoms with Gasteiger partial charge in [0, 0.05) is 17.1 Å². The van der Waals surface area contributed by atoms with E-state index in [0.717, 1.165) is 5.56 Å². The van der Waals surface area contributed by atoms with Gasteiger partial charge in [0.2, 0.25) is 0 Å². The Morgan fingerprint density at radius 2 is 2.05 bits per heavy atom. The lowest BCUT2D eigenvalue weighted by molar-refractivity contribution is 0.00394. The van der Waals surface area contributed by atoms with Crippen molar-refractivity contribution in [3.05, 3.63) is 34.6 Å². The minimum atomic E-state index is -0.601. The number of nitrogens with one attached hydrogen (secondary N) is 1. The lowest BCUT2D eigenvalue weighted by Gasteiger charge is -2.29. The van der Waals surface area contributed by atoms with Gasteiger partial charge < -0.3 is 15.2 Å². The molecule has 0 aromatic heterocycles. The molecule has 3 nitrogen and oxygen atoms in total. The third-order valence-electron chi connectivity index (χ3n) is 3.01. The first-order valence-electron chi connectivity index (χ1n) is 6.72. The first-order valence-corrected chi connectivity index (χ1v) is 7.10. The molecule has 0 fully saturated rings. The molecule has 0 amide bonds. The maximum absolute atomic E-state index is 13.1. The molecule has 0 saturated carbocycles. The van der Waals surface area contributed by atoms with Crippen molar-refractivity contribution in [2.24, 2.45) is 0 Å². The van der Waals surface area contributed by atoms with Crippen molar-refractivity contribution in [3.8, 4) is 0 Å². The van der Waals surface area contributed by atoms with Gasteiger partial charge in [-0.25, -0.2) is 4.39 Å². The van der Waals surface area contributed by atoms with E-state index >= 15 is 0 Å². The highest BCUT2D eigenvalue weighted by molar-refractivity contribution is 6.31. The topological polar surface area (TPSA) is 41.5 Å². The van der Waals surface area contributed by atoms with Gasteiger partial charge in [0.15, 0.2) is 0 Å². The Morgan fingerprint density at radius 1 is 1.40 bits per heavy atom. The highest BCUT2D eigenvalue weighted by Crippen LogP contribution is 2.28. The summed E-state index contributed by atoms with van der Waals surface area (Å²) in [6.07, 6.45) is -0.514. The van der Waals surface area contributed by atoms with Crippen LogP contribution in [0.5, 0.6) is 0 Å². The van der Waals surface area contributed by atoms with Crippen LogP contribution in [-0.2, 0) is 10.3 Å². The van der Waals surface area contributed by atoms with Gasteiger partial charge in [-0.1, -0.05) is 17.7 Å². The van der Waals surface area contributed by atoms with E-state index in [4.69, 9.17) is 16.3 Å². The fraction of sp³-hybridized carbons (Fsp3) is 0.600. The third kappa shape index (κ3) is 5.37. The molecule has 1 aromatic carbocycles. The zero-order valence-corrected chi connectivity index (χ0v) is 13.2. The number of aliphatic hydroxyl groups is 1. The molecular formula is C15H23ClFNO2. The molecule has 1 unspecified atom stereocenters. The molecule has 0 aliphatic carbocycles. The van der Waals surface area contributed by atoms with Crippen molar-refractivity contribution >= 4 is 11.6 Å². The Bertz CT molecular complexity index is 438. The maximum Gasteiger partial charge on any atom is 0.124 e. The SMILES string of the molecule is CC(C)OCC(O)CNC(C)(C)c1ccc(F)cc1Cl. The van der Waals surface area contributed by atoms with Gasteiger partial charge in [0.1, 0.15) is 5.82 Å². The molecule has 0 radical (unpaired) electrons. The first kappa shape index (κ1) is 17.4. The van der Waals surface area contributed by atoms with Crippen LogP contribution in [0.1, 0.15) is 33.3 Å². The van der Waals surface area contributed by atoms with Gasteiger partial charge in [-0.15, -0.1) is 0 Å². The average Bonchev–Trinajstić information content (AvgIpc) is 2.33. The summed E-state index contributed by atoms with van der Waals surface area (Å²) in [5.41, 5.74) is 0.321. The molecule has 0 spiro atoms. The van der Waals surface area contributed by atoms with Gasteiger partial charge in [-0.3, -0.25) is 0 Å². The minimum absolute atomic E-state index is 0.0872. The van der Waals surface area contributed by atoms with Crippen LogP contribution in [0.3, 0.4) is 0 Å². The molecule has 20 heavy (non-hydrogen) atoms. The lowest BCUT2D eigenvalue weighted by atomic mass is 9.94. The van der Waals surface area contributed by atoms with Crippen molar-refractivity contribution in [1.82, 2.24) is 5.32 Å². The van der Waals surface area contributed by atoms with E-state index in [1.165, 1.54) is 12.1 Å². The number of ether oxygens (including phenoxy) is 1. The van der Waals surface area contributed by atoms with E-state index in [9.17, 15) is 9.50 Å². The van der Waals surface area contributed by atoms with Crippen LogP contribution in [0, 0.1) is 5.82 Å². The predicted octanol–water partition coefficient (Wildman–Crippen LogP) is 3.09. The number of hydrogen-bond donors (Lipinski definition) is 2. The van der Waals surface area contributed by atoms with Crippen LogP contribution in [0.4, 0.5) is 4.39 Å². The highest BCUT2D eigenvalue weighted by atomic mass is 35.5. The number of benzene rings is 1. The van der Waals surface area contributed by atoms with Crippen molar-refractivity contribution in [2.45, 2.75) is 45.4 Å². The zero-order valence-electron chi connectivity index (χ0n) is 12.4. The summed E-state index contributed by atoms with van der Waals surface area (Å²) >= 11 is 6.06. The zero-order chi connectivity index (χ0) is 15.3. The molecule has 5 heteroatoms. The third-order valence-corrected chi connectivity index (χ3v) is 3.32. The first-order chi connectivity index (χ1) is 9.22. The number of hydrogen-bond acceptors (Lipinski definition) is 3. The number of halogens is 2. The second kappa shape index (κ2) is 7.36. The van der Waals surface area contributed by atoms with E-state index in [2.05, 4.69) is 5.32 Å². The van der Waals surface area contributed by atoms with Gasteiger partial charge in [0.25, 0.3) is 0 Å². The second-order valence-electron chi connectivity index (χ2n) is 5.67. The van der Waals surface area contributed by atoms with Crippen LogP contribution >= 0.6 is 11.6 Å². The maximum atomic E-state index is 13.1. The summed E-state index contributed by atoms with van der Waals surface area (Å²) < 4.78 is 18.4. The van der Waals surface area contributed by atoms with Gasteiger partial charge in [-0.2, -0.15) is 0 Å². The molecule has 0 heterocycles. The molecule has 1 atom stereocenters. The van der Waals surface area contributed by atoms with Gasteiger partial charge in [-0.05, 0) is 45.4 Å². The van der Waals surface area contributed by atoms with E-state index in [1.54, 1.807) is 6.07 Å². The van der Waals surface area contributed by atoms with Gasteiger partial charge in [0.05, 0.1) is 18.8 Å². The smallest absolute Gasteiger partial charge is 0.124 e. The summed E-state index contributed by atoms with van der Waals surface area (Å²) in [6.45, 7) is 8.35. The molecule has 114 valence electrons. The van der Waals surface area contributed by atoms with E-state index in [0.29, 0.717) is 11.6 Å². The largest absolute Gasteiger partial charge is 0.389 e. The lowest BCUT2D eigenvalue weighted by Crippen LogP contribution is -2.42. The fourth-order valence-corrected chi connectivity index (χ4v) is 2.23. The van der Waals surface area contributed by atoms with Crippen molar-refractivity contribution in [2.75, 3.05) is 13.2 Å². The fourth-order valence-electron chi connectivity index (χ4n) is 1.83. The molecule has 2 N–H and O–H groups in total. The Kier molecular flexibility index (Phi) is 6.40. The normalized spacial score (nSPS) is 13.8. The van der Waals surface area contributed by atoms with E-state index in [-0.39, 0.29) is 18.5 Å². The molecular weight excluding hydrogens is 281 g/mol. The summed E-state index contributed by atoms with van der Waals surface area (Å²) in [5.74, 6) is -0.361. The Hall–Kier alpha value is -0.680. The van der Waals surface area contributed by atoms with Crippen LogP contribution in [0.25, 0.3) is 0 Å². The van der Waals surface area contributed by atoms with E-state index in [1.807, 2.05) is 27.7 Å². The van der Waals surface area contributed by atoms with Crippen LogP contribution in [0.15, 0.2) is 18.2 Å². The quantitative estimate of drug-likeness (QED) is 0.813. The number of rotatable bonds is 7. The molecule has 0 aliphatic heterocycles. The molecule has 0 aliphatic rings. The molecule has 0 bridgehead atoms. The minimum Gasteiger partial charge on any atom is -0.389 e. The average molecular weight is 304 g/mol. The summed E-state index contributed by atoms with van der Waals surface area (Å²) in [6, 6.07) is 4.32. The standard InChI is InChI=1S/C15H23ClFNO2/c1-10(2)20-9-12(19)8-18-15(3,4)13-6-5-11(17)7-14(13)16/h5-7,10,12,18-19H,8-9H2,1-4H3. The molecule has 0 saturated heterocycles. The monoisotopic (exact) mass is 303 g/mol. The second-order valence-corrected chi connectivity index (χ2v) is 6.07. The summed E-state index contributed by atoms with van der Waals surface area (Å²) in [4.78, 5) is 0. The highest BCUT2D eigenvalue weighted by Gasteiger charge is 2.24. The van der Waals surface area contributed by atoms with Crippen LogP contribution in [-0.4, -0.2) is 30.5 Å². The van der Waals surface area contributed by atoms with Crippen molar-refractivity contribution in [3.63, 3.8) is 0 Å².